The number of anilines is 1. The van der Waals surface area contributed by atoms with Crippen LogP contribution < -0.4 is 10.6 Å². The summed E-state index contributed by atoms with van der Waals surface area (Å²) in [6.45, 7) is 3.21. The molecule has 0 bridgehead atoms. The summed E-state index contributed by atoms with van der Waals surface area (Å²) in [5, 5.41) is 6.59. The van der Waals surface area contributed by atoms with Gasteiger partial charge in [0.2, 0.25) is 0 Å². The average molecular weight is 389 g/mol. The van der Waals surface area contributed by atoms with Gasteiger partial charge in [0.25, 0.3) is 0 Å². The lowest BCUT2D eigenvalue weighted by molar-refractivity contribution is 0.765. The molecule has 2 heterocycles. The van der Waals surface area contributed by atoms with Crippen LogP contribution in [0.1, 0.15) is 49.1 Å². The number of benzene rings is 3. The summed E-state index contributed by atoms with van der Waals surface area (Å²) in [7, 11) is 0. The van der Waals surface area contributed by atoms with Crippen LogP contribution in [-0.2, 0) is 32.4 Å². The summed E-state index contributed by atoms with van der Waals surface area (Å²) < 4.78 is 0. The van der Waals surface area contributed by atoms with Crippen molar-refractivity contribution in [3.05, 3.63) is 101 Å². The Hall–Kier alpha value is -2.58. The Labute approximate surface area is 177 Å². The zero-order chi connectivity index (χ0) is 18.3. The molecule has 2 aliphatic heterocycles. The van der Waals surface area contributed by atoms with Gasteiger partial charge in [-0.3, -0.25) is 0 Å². The van der Waals surface area contributed by atoms with E-state index in [9.17, 15) is 0 Å². The molecule has 3 aromatic rings. The Morgan fingerprint density at radius 1 is 0.517 bits per heavy atom. The lowest BCUT2D eigenvalue weighted by Gasteiger charge is -1.94. The number of rotatable bonds is 0. The minimum absolute atomic E-state index is 0. The molecular weight excluding hydrogens is 352 g/mol. The van der Waals surface area contributed by atoms with E-state index in [4.69, 9.17) is 0 Å². The molecule has 0 radical (unpaired) electrons. The molecule has 3 aromatic carbocycles. The van der Waals surface area contributed by atoms with Crippen LogP contribution in [0.3, 0.4) is 0 Å². The summed E-state index contributed by atoms with van der Waals surface area (Å²) in [5.74, 6) is 0. The highest BCUT2D eigenvalue weighted by molar-refractivity contribution is 5.54. The Bertz CT molecular complexity index is 698. The zero-order valence-corrected chi connectivity index (χ0v) is 15.9. The summed E-state index contributed by atoms with van der Waals surface area (Å²) in [6, 6.07) is 25.7. The van der Waals surface area contributed by atoms with Gasteiger partial charge in [-0.05, 0) is 59.6 Å². The Morgan fingerprint density at radius 3 is 1.55 bits per heavy atom. The largest absolute Gasteiger partial charge is 0.384 e. The van der Waals surface area contributed by atoms with E-state index in [1.807, 2.05) is 0 Å². The van der Waals surface area contributed by atoms with Gasteiger partial charge in [-0.1, -0.05) is 81.6 Å². The first-order valence-corrected chi connectivity index (χ1v) is 10.1. The van der Waals surface area contributed by atoms with E-state index in [1.54, 1.807) is 11.1 Å². The number of hydrogen-bond donors (Lipinski definition) is 2. The Morgan fingerprint density at radius 2 is 1.00 bits per heavy atom. The second-order valence-corrected chi connectivity index (χ2v) is 7.33. The van der Waals surface area contributed by atoms with Crippen LogP contribution in [0.4, 0.5) is 5.69 Å². The van der Waals surface area contributed by atoms with Gasteiger partial charge in [0.1, 0.15) is 0 Å². The maximum Gasteiger partial charge on any atom is 0.0373 e. The third kappa shape index (κ3) is 5.95. The van der Waals surface area contributed by atoms with Gasteiger partial charge in [-0.25, -0.2) is 0 Å². The SMILES string of the molecule is C.C.c1ccc2c(c1)CCC2.c1ccc2c(c1)CCN2.c1ccc2c(c1)CNC2. The van der Waals surface area contributed by atoms with Crippen LogP contribution >= 0.6 is 0 Å². The quantitative estimate of drug-likeness (QED) is 0.466. The fourth-order valence-electron chi connectivity index (χ4n) is 3.99. The molecular formula is C27H36N2. The second-order valence-electron chi connectivity index (χ2n) is 7.33. The number of fused-ring (bicyclic) bond motifs is 3. The molecule has 2 N–H and O–H groups in total. The van der Waals surface area contributed by atoms with Crippen molar-refractivity contribution >= 4 is 5.69 Å². The van der Waals surface area contributed by atoms with Gasteiger partial charge >= 0.3 is 0 Å². The second kappa shape index (κ2) is 11.4. The van der Waals surface area contributed by atoms with Crippen LogP contribution in [0.15, 0.2) is 72.8 Å². The summed E-state index contributed by atoms with van der Waals surface area (Å²) >= 11 is 0. The molecule has 0 amide bonds. The van der Waals surface area contributed by atoms with Gasteiger partial charge in [0, 0.05) is 25.3 Å². The average Bonchev–Trinajstić information content (AvgIpc) is 3.48. The van der Waals surface area contributed by atoms with Crippen molar-refractivity contribution in [2.45, 2.75) is 53.6 Å². The molecule has 0 unspecified atom stereocenters. The molecule has 3 aliphatic rings. The normalized spacial score (nSPS) is 14.2. The van der Waals surface area contributed by atoms with Crippen molar-refractivity contribution in [1.29, 1.82) is 0 Å². The van der Waals surface area contributed by atoms with Crippen molar-refractivity contribution in [2.24, 2.45) is 0 Å². The van der Waals surface area contributed by atoms with Crippen LogP contribution in [0, 0.1) is 0 Å². The smallest absolute Gasteiger partial charge is 0.0373 e. The molecule has 0 aromatic heterocycles. The summed E-state index contributed by atoms with van der Waals surface area (Å²) in [5.41, 5.74) is 8.82. The van der Waals surface area contributed by atoms with Crippen molar-refractivity contribution in [2.75, 3.05) is 11.9 Å². The molecule has 0 saturated carbocycles. The topological polar surface area (TPSA) is 24.1 Å². The fraction of sp³-hybridized carbons (Fsp3) is 0.333. The van der Waals surface area contributed by atoms with Crippen molar-refractivity contribution in [3.63, 3.8) is 0 Å². The number of hydrogen-bond acceptors (Lipinski definition) is 2. The van der Waals surface area contributed by atoms with Crippen LogP contribution in [0.2, 0.25) is 0 Å². The third-order valence-electron chi connectivity index (χ3n) is 5.49. The maximum absolute atomic E-state index is 3.30. The molecule has 2 nitrogen and oxygen atoms in total. The van der Waals surface area contributed by atoms with E-state index in [2.05, 4.69) is 83.4 Å². The molecule has 0 spiro atoms. The lowest BCUT2D eigenvalue weighted by atomic mass is 10.1. The highest BCUT2D eigenvalue weighted by atomic mass is 14.9. The van der Waals surface area contributed by atoms with Crippen molar-refractivity contribution in [3.8, 4) is 0 Å². The minimum Gasteiger partial charge on any atom is -0.384 e. The van der Waals surface area contributed by atoms with E-state index in [0.717, 1.165) is 19.6 Å². The Balaban J connectivity index is 0.000000150. The van der Waals surface area contributed by atoms with E-state index >= 15 is 0 Å². The van der Waals surface area contributed by atoms with Gasteiger partial charge in [-0.2, -0.15) is 0 Å². The molecule has 0 atom stereocenters. The zero-order valence-electron chi connectivity index (χ0n) is 15.9. The summed E-state index contributed by atoms with van der Waals surface area (Å²) in [6.07, 6.45) is 5.15. The van der Waals surface area contributed by atoms with E-state index < -0.39 is 0 Å². The van der Waals surface area contributed by atoms with Gasteiger partial charge < -0.3 is 10.6 Å². The molecule has 1 aliphatic carbocycles. The Kier molecular flexibility index (Phi) is 8.95. The highest BCUT2D eigenvalue weighted by Gasteiger charge is 2.08. The first-order chi connectivity index (χ1) is 13.4. The maximum atomic E-state index is 3.30. The standard InChI is InChI=1S/C9H10.2C8H9N.2CH4/c1-2-5-9-7-3-6-8(9)4-1;1-2-4-8-6-9-5-7(8)3-1;1-2-4-8-7(3-1)5-6-9-8;;/h1-2,4-5H,3,6-7H2;2*1-4,9H,5-6H2;2*1H4. The van der Waals surface area contributed by atoms with Crippen molar-refractivity contribution in [1.82, 2.24) is 5.32 Å². The number of aryl methyl sites for hydroxylation is 2. The first kappa shape index (κ1) is 22.7. The van der Waals surface area contributed by atoms with E-state index in [1.165, 1.54) is 48.1 Å². The highest BCUT2D eigenvalue weighted by Crippen LogP contribution is 2.20. The molecule has 154 valence electrons. The van der Waals surface area contributed by atoms with E-state index in [0.29, 0.717) is 0 Å². The number of para-hydroxylation sites is 1. The minimum atomic E-state index is 0. The van der Waals surface area contributed by atoms with Crippen LogP contribution in [-0.4, -0.2) is 6.54 Å². The molecule has 0 fully saturated rings. The predicted octanol–water partition coefficient (Wildman–Crippen LogP) is 6.39. The molecule has 2 heteroatoms. The van der Waals surface area contributed by atoms with Crippen LogP contribution in [0.25, 0.3) is 0 Å². The predicted molar refractivity (Wildman–Crippen MR) is 128 cm³/mol. The van der Waals surface area contributed by atoms with Crippen molar-refractivity contribution < 1.29 is 0 Å². The summed E-state index contributed by atoms with van der Waals surface area (Å²) in [4.78, 5) is 0. The molecule has 29 heavy (non-hydrogen) atoms. The van der Waals surface area contributed by atoms with Gasteiger partial charge in [-0.15, -0.1) is 0 Å². The first-order valence-electron chi connectivity index (χ1n) is 10.1. The monoisotopic (exact) mass is 388 g/mol. The molecule has 6 rings (SSSR count). The lowest BCUT2D eigenvalue weighted by Crippen LogP contribution is -1.99. The number of nitrogens with one attached hydrogen (secondary N) is 2. The fourth-order valence-corrected chi connectivity index (χ4v) is 3.99. The third-order valence-corrected chi connectivity index (χ3v) is 5.49. The van der Waals surface area contributed by atoms with Gasteiger partial charge in [0.05, 0.1) is 0 Å². The van der Waals surface area contributed by atoms with Gasteiger partial charge in [0.15, 0.2) is 0 Å². The molecule has 0 saturated heterocycles. The van der Waals surface area contributed by atoms with E-state index in [-0.39, 0.29) is 14.9 Å². The van der Waals surface area contributed by atoms with Crippen LogP contribution in [0.5, 0.6) is 0 Å².